The van der Waals surface area contributed by atoms with Crippen LogP contribution in [0.5, 0.6) is 0 Å². The van der Waals surface area contributed by atoms with E-state index < -0.39 is 17.9 Å². The van der Waals surface area contributed by atoms with Gasteiger partial charge in [-0.25, -0.2) is 0 Å². The van der Waals surface area contributed by atoms with Gasteiger partial charge in [0.05, 0.1) is 13.0 Å². The van der Waals surface area contributed by atoms with Crippen molar-refractivity contribution < 1.29 is 19.4 Å². The maximum Gasteiger partial charge on any atom is 0.309 e. The lowest BCUT2D eigenvalue weighted by molar-refractivity contribution is -0.307. The molecule has 0 saturated heterocycles. The normalized spacial score (nSPS) is 19.5. The van der Waals surface area contributed by atoms with Crippen molar-refractivity contribution in [1.82, 2.24) is 0 Å². The third-order valence-electron chi connectivity index (χ3n) is 3.11. The molecule has 1 fully saturated rings. The molecule has 0 N–H and O–H groups in total. The van der Waals surface area contributed by atoms with Crippen molar-refractivity contribution in [2.45, 2.75) is 38.5 Å². The first kappa shape index (κ1) is 12.0. The molecule has 0 aromatic rings. The van der Waals surface area contributed by atoms with E-state index in [0.717, 1.165) is 25.7 Å². The number of methoxy groups -OCH3 is 1. The van der Waals surface area contributed by atoms with Crippen LogP contribution in [0.25, 0.3) is 0 Å². The minimum atomic E-state index is -1.17. The third-order valence-corrected chi connectivity index (χ3v) is 3.11. The van der Waals surface area contributed by atoms with Crippen molar-refractivity contribution in [3.05, 3.63) is 0 Å². The van der Waals surface area contributed by atoms with Gasteiger partial charge in [0.25, 0.3) is 0 Å². The number of hydrogen-bond acceptors (Lipinski definition) is 4. The van der Waals surface area contributed by atoms with Crippen LogP contribution in [-0.4, -0.2) is 19.0 Å². The van der Waals surface area contributed by atoms with Crippen molar-refractivity contribution in [3.8, 4) is 0 Å². The summed E-state index contributed by atoms with van der Waals surface area (Å²) in [6.45, 7) is 0. The fraction of sp³-hybridized carbons (Fsp3) is 0.818. The molecule has 4 heteroatoms. The van der Waals surface area contributed by atoms with Crippen LogP contribution in [0, 0.1) is 11.8 Å². The highest BCUT2D eigenvalue weighted by molar-refractivity contribution is 5.78. The van der Waals surface area contributed by atoms with E-state index in [2.05, 4.69) is 4.74 Å². The van der Waals surface area contributed by atoms with Crippen molar-refractivity contribution in [2.75, 3.05) is 7.11 Å². The smallest absolute Gasteiger partial charge is 0.309 e. The number of rotatable bonds is 4. The maximum atomic E-state index is 11.4. The molecule has 0 unspecified atom stereocenters. The van der Waals surface area contributed by atoms with Gasteiger partial charge in [-0.2, -0.15) is 0 Å². The highest BCUT2D eigenvalue weighted by Gasteiger charge is 2.30. The predicted molar refractivity (Wildman–Crippen MR) is 51.7 cm³/mol. The Morgan fingerprint density at radius 2 is 1.93 bits per heavy atom. The molecule has 0 heterocycles. The molecule has 0 amide bonds. The Morgan fingerprint density at radius 3 is 2.40 bits per heavy atom. The number of hydrogen-bond donors (Lipinski definition) is 0. The van der Waals surface area contributed by atoms with Gasteiger partial charge in [0.2, 0.25) is 0 Å². The average molecular weight is 213 g/mol. The number of carboxylic acids is 1. The van der Waals surface area contributed by atoms with E-state index in [0.29, 0.717) is 0 Å². The van der Waals surface area contributed by atoms with Gasteiger partial charge in [0, 0.05) is 12.4 Å². The number of aliphatic carboxylic acids is 1. The molecule has 0 aromatic carbocycles. The second-order valence-electron chi connectivity index (χ2n) is 4.10. The number of esters is 1. The van der Waals surface area contributed by atoms with E-state index in [-0.39, 0.29) is 12.3 Å². The molecule has 0 aliphatic heterocycles. The summed E-state index contributed by atoms with van der Waals surface area (Å²) >= 11 is 0. The van der Waals surface area contributed by atoms with Crippen molar-refractivity contribution in [2.24, 2.45) is 11.8 Å². The quantitative estimate of drug-likeness (QED) is 0.638. The molecule has 0 bridgehead atoms. The number of carbonyl (C=O) groups is 2. The van der Waals surface area contributed by atoms with Crippen molar-refractivity contribution in [1.29, 1.82) is 0 Å². The first-order valence-electron chi connectivity index (χ1n) is 5.43. The second kappa shape index (κ2) is 5.73. The molecular formula is C11H17O4-. The molecule has 86 valence electrons. The van der Waals surface area contributed by atoms with Crippen LogP contribution in [0.4, 0.5) is 0 Å². The Morgan fingerprint density at radius 1 is 1.33 bits per heavy atom. The fourth-order valence-electron chi connectivity index (χ4n) is 2.31. The van der Waals surface area contributed by atoms with E-state index in [1.54, 1.807) is 0 Å². The zero-order chi connectivity index (χ0) is 11.3. The highest BCUT2D eigenvalue weighted by atomic mass is 16.5. The van der Waals surface area contributed by atoms with Crippen LogP contribution in [0.2, 0.25) is 0 Å². The second-order valence-corrected chi connectivity index (χ2v) is 4.10. The van der Waals surface area contributed by atoms with Gasteiger partial charge in [-0.1, -0.05) is 19.3 Å². The number of ether oxygens (including phenoxy) is 1. The largest absolute Gasteiger partial charge is 0.550 e. The minimum Gasteiger partial charge on any atom is -0.550 e. The molecule has 1 atom stereocenters. The molecule has 0 radical (unpaired) electrons. The number of carbonyl (C=O) groups excluding carboxylic acids is 2. The van der Waals surface area contributed by atoms with E-state index in [1.807, 2.05) is 0 Å². The van der Waals surface area contributed by atoms with Gasteiger partial charge >= 0.3 is 5.97 Å². The van der Waals surface area contributed by atoms with Crippen molar-refractivity contribution >= 4 is 11.9 Å². The van der Waals surface area contributed by atoms with E-state index >= 15 is 0 Å². The maximum absolute atomic E-state index is 11.4. The van der Waals surface area contributed by atoms with Gasteiger partial charge in [-0.05, 0) is 18.8 Å². The molecule has 0 spiro atoms. The predicted octanol–water partition coefficient (Wildman–Crippen LogP) is 0.496. The highest BCUT2D eigenvalue weighted by Crippen LogP contribution is 2.32. The summed E-state index contributed by atoms with van der Waals surface area (Å²) in [5.41, 5.74) is 0. The van der Waals surface area contributed by atoms with Crippen LogP contribution in [0.3, 0.4) is 0 Å². The monoisotopic (exact) mass is 213 g/mol. The molecule has 0 aromatic heterocycles. The lowest BCUT2D eigenvalue weighted by Gasteiger charge is -2.28. The summed E-state index contributed by atoms with van der Waals surface area (Å²) in [7, 11) is 1.30. The van der Waals surface area contributed by atoms with Gasteiger partial charge < -0.3 is 14.6 Å². The summed E-state index contributed by atoms with van der Waals surface area (Å²) in [6.07, 6.45) is 4.96. The molecule has 1 aliphatic carbocycles. The van der Waals surface area contributed by atoms with Crippen LogP contribution in [-0.2, 0) is 14.3 Å². The minimum absolute atomic E-state index is 0.157. The van der Waals surface area contributed by atoms with Gasteiger partial charge in [-0.3, -0.25) is 4.79 Å². The molecule has 15 heavy (non-hydrogen) atoms. The summed E-state index contributed by atoms with van der Waals surface area (Å²) < 4.78 is 4.64. The van der Waals surface area contributed by atoms with E-state index in [4.69, 9.17) is 0 Å². The van der Waals surface area contributed by atoms with Crippen LogP contribution in [0.1, 0.15) is 38.5 Å². The third kappa shape index (κ3) is 3.53. The van der Waals surface area contributed by atoms with Crippen molar-refractivity contribution in [3.63, 3.8) is 0 Å². The van der Waals surface area contributed by atoms with Crippen LogP contribution in [0.15, 0.2) is 0 Å². The zero-order valence-electron chi connectivity index (χ0n) is 9.03. The van der Waals surface area contributed by atoms with Gasteiger partial charge in [-0.15, -0.1) is 0 Å². The van der Waals surface area contributed by atoms with E-state index in [9.17, 15) is 14.7 Å². The van der Waals surface area contributed by atoms with Crippen LogP contribution >= 0.6 is 0 Å². The lowest BCUT2D eigenvalue weighted by Crippen LogP contribution is -2.34. The van der Waals surface area contributed by atoms with Crippen LogP contribution < -0.4 is 5.11 Å². The topological polar surface area (TPSA) is 66.4 Å². The summed E-state index contributed by atoms with van der Waals surface area (Å²) in [5.74, 6) is -1.94. The standard InChI is InChI=1S/C11H18O4/c1-15-11(14)9(7-10(12)13)8-5-3-2-4-6-8/h8-9H,2-7H2,1H3,(H,12,13)/p-1/t9-/m1/s1. The summed E-state index contributed by atoms with van der Waals surface area (Å²) in [4.78, 5) is 22.0. The van der Waals surface area contributed by atoms with Gasteiger partial charge in [0.15, 0.2) is 0 Å². The molecule has 1 saturated carbocycles. The summed E-state index contributed by atoms with van der Waals surface area (Å²) in [6, 6.07) is 0. The number of carboxylic acid groups (broad SMARTS) is 1. The zero-order valence-corrected chi connectivity index (χ0v) is 9.03. The fourth-order valence-corrected chi connectivity index (χ4v) is 2.31. The Labute approximate surface area is 89.6 Å². The summed E-state index contributed by atoms with van der Waals surface area (Å²) in [5, 5.41) is 10.6. The Hall–Kier alpha value is -1.06. The Bertz CT molecular complexity index is 231. The molecule has 4 nitrogen and oxygen atoms in total. The average Bonchev–Trinajstić information content (AvgIpc) is 2.26. The first-order chi connectivity index (χ1) is 7.15. The Balaban J connectivity index is 2.60. The molecular weight excluding hydrogens is 196 g/mol. The first-order valence-corrected chi connectivity index (χ1v) is 5.43. The van der Waals surface area contributed by atoms with E-state index in [1.165, 1.54) is 13.5 Å². The molecule has 1 rings (SSSR count). The SMILES string of the molecule is COC(=O)[C@H](CC(=O)[O-])C1CCCCC1. The Kier molecular flexibility index (Phi) is 4.59. The van der Waals surface area contributed by atoms with Gasteiger partial charge in [0.1, 0.15) is 0 Å². The molecule has 1 aliphatic rings. The lowest BCUT2D eigenvalue weighted by atomic mass is 9.78.